The molecule has 0 saturated heterocycles. The topological polar surface area (TPSA) is 42.9 Å². The second kappa shape index (κ2) is 7.95. The van der Waals surface area contributed by atoms with E-state index >= 15 is 0 Å². The SMILES string of the molecule is Cc1ccnc(-c2cc(F)ccc2C(=O)c2ccc(F)cc2-c2cc(C)ccn2)c1. The van der Waals surface area contributed by atoms with E-state index in [2.05, 4.69) is 9.97 Å². The van der Waals surface area contributed by atoms with Gasteiger partial charge in [-0.2, -0.15) is 0 Å². The minimum Gasteiger partial charge on any atom is -0.289 e. The highest BCUT2D eigenvalue weighted by atomic mass is 19.1. The molecule has 0 atom stereocenters. The zero-order valence-corrected chi connectivity index (χ0v) is 16.5. The maximum atomic E-state index is 14.0. The highest BCUT2D eigenvalue weighted by Crippen LogP contribution is 2.30. The molecule has 4 rings (SSSR count). The molecule has 0 aliphatic rings. The Hall–Kier alpha value is -3.73. The van der Waals surface area contributed by atoms with Crippen molar-refractivity contribution in [3.63, 3.8) is 0 Å². The lowest BCUT2D eigenvalue weighted by Crippen LogP contribution is -2.07. The normalized spacial score (nSPS) is 10.8. The number of halogens is 2. The third-order valence-electron chi connectivity index (χ3n) is 4.84. The number of benzene rings is 2. The highest BCUT2D eigenvalue weighted by molar-refractivity contribution is 6.15. The van der Waals surface area contributed by atoms with Crippen LogP contribution in [0.4, 0.5) is 8.78 Å². The number of hydrogen-bond acceptors (Lipinski definition) is 3. The number of carbonyl (C=O) groups excluding carboxylic acids is 1. The summed E-state index contributed by atoms with van der Waals surface area (Å²) in [4.78, 5) is 22.1. The number of hydrogen-bond donors (Lipinski definition) is 0. The molecule has 4 aromatic rings. The summed E-state index contributed by atoms with van der Waals surface area (Å²) in [6, 6.07) is 15.2. The average molecular weight is 400 g/mol. The van der Waals surface area contributed by atoms with E-state index < -0.39 is 11.6 Å². The summed E-state index contributed by atoms with van der Waals surface area (Å²) in [5.41, 5.74) is 4.21. The van der Waals surface area contributed by atoms with Crippen LogP contribution in [0.3, 0.4) is 0 Å². The number of rotatable bonds is 4. The first-order chi connectivity index (χ1) is 14.4. The van der Waals surface area contributed by atoms with Gasteiger partial charge in [0, 0.05) is 34.6 Å². The minimum atomic E-state index is -0.468. The molecule has 5 heteroatoms. The van der Waals surface area contributed by atoms with Crippen molar-refractivity contribution in [2.24, 2.45) is 0 Å². The Labute approximate surface area is 173 Å². The lowest BCUT2D eigenvalue weighted by Gasteiger charge is -2.13. The van der Waals surface area contributed by atoms with E-state index in [-0.39, 0.29) is 16.9 Å². The fraction of sp³-hybridized carbons (Fsp3) is 0.0800. The first-order valence-electron chi connectivity index (χ1n) is 9.42. The summed E-state index contributed by atoms with van der Waals surface area (Å²) in [6.07, 6.45) is 3.23. The van der Waals surface area contributed by atoms with Crippen LogP contribution in [0, 0.1) is 25.5 Å². The van der Waals surface area contributed by atoms with E-state index in [0.717, 1.165) is 11.1 Å². The van der Waals surface area contributed by atoms with Gasteiger partial charge in [0.25, 0.3) is 0 Å². The number of aryl methyl sites for hydroxylation is 2. The van der Waals surface area contributed by atoms with Crippen molar-refractivity contribution in [3.8, 4) is 22.5 Å². The molecular weight excluding hydrogens is 382 g/mol. The van der Waals surface area contributed by atoms with Crippen LogP contribution >= 0.6 is 0 Å². The van der Waals surface area contributed by atoms with Gasteiger partial charge >= 0.3 is 0 Å². The molecule has 30 heavy (non-hydrogen) atoms. The maximum Gasteiger partial charge on any atom is 0.194 e. The number of carbonyl (C=O) groups is 1. The van der Waals surface area contributed by atoms with Gasteiger partial charge in [0.2, 0.25) is 0 Å². The largest absolute Gasteiger partial charge is 0.289 e. The molecule has 0 N–H and O–H groups in total. The average Bonchev–Trinajstić information content (AvgIpc) is 2.73. The highest BCUT2D eigenvalue weighted by Gasteiger charge is 2.21. The van der Waals surface area contributed by atoms with Gasteiger partial charge in [-0.3, -0.25) is 14.8 Å². The Morgan fingerprint density at radius 2 is 1.10 bits per heavy atom. The molecule has 0 spiro atoms. The van der Waals surface area contributed by atoms with Crippen LogP contribution in [0.5, 0.6) is 0 Å². The van der Waals surface area contributed by atoms with Gasteiger partial charge < -0.3 is 0 Å². The van der Waals surface area contributed by atoms with E-state index in [4.69, 9.17) is 0 Å². The second-order valence-electron chi connectivity index (χ2n) is 7.15. The van der Waals surface area contributed by atoms with Crippen molar-refractivity contribution in [3.05, 3.63) is 107 Å². The summed E-state index contributed by atoms with van der Waals surface area (Å²) >= 11 is 0. The minimum absolute atomic E-state index is 0.287. The number of pyridine rings is 2. The van der Waals surface area contributed by atoms with Gasteiger partial charge in [-0.15, -0.1) is 0 Å². The van der Waals surface area contributed by atoms with Gasteiger partial charge in [0.15, 0.2) is 5.78 Å². The first-order valence-corrected chi connectivity index (χ1v) is 9.42. The van der Waals surface area contributed by atoms with E-state index in [0.29, 0.717) is 22.5 Å². The summed E-state index contributed by atoms with van der Waals surface area (Å²) in [5, 5.41) is 0. The summed E-state index contributed by atoms with van der Waals surface area (Å²) in [5.74, 6) is -1.29. The van der Waals surface area contributed by atoms with Crippen LogP contribution in [-0.2, 0) is 0 Å². The van der Waals surface area contributed by atoms with Gasteiger partial charge in [0.05, 0.1) is 11.4 Å². The van der Waals surface area contributed by atoms with E-state index in [1.54, 1.807) is 24.5 Å². The Bertz CT molecular complexity index is 1170. The van der Waals surface area contributed by atoms with E-state index in [9.17, 15) is 13.6 Å². The number of ketones is 1. The van der Waals surface area contributed by atoms with Crippen molar-refractivity contribution >= 4 is 5.78 Å². The second-order valence-corrected chi connectivity index (χ2v) is 7.15. The van der Waals surface area contributed by atoms with Crippen LogP contribution in [0.25, 0.3) is 22.5 Å². The predicted molar refractivity (Wildman–Crippen MR) is 112 cm³/mol. The zero-order valence-electron chi connectivity index (χ0n) is 16.5. The molecule has 3 nitrogen and oxygen atoms in total. The van der Waals surface area contributed by atoms with Crippen LogP contribution in [0.1, 0.15) is 27.0 Å². The third kappa shape index (κ3) is 3.87. The molecule has 0 bridgehead atoms. The Morgan fingerprint density at radius 3 is 1.50 bits per heavy atom. The van der Waals surface area contributed by atoms with Gasteiger partial charge in [0.1, 0.15) is 11.6 Å². The lowest BCUT2D eigenvalue weighted by molar-refractivity contribution is 0.104. The van der Waals surface area contributed by atoms with Crippen LogP contribution < -0.4 is 0 Å². The molecule has 0 amide bonds. The molecule has 2 aromatic carbocycles. The van der Waals surface area contributed by atoms with E-state index in [1.807, 2.05) is 26.0 Å². The molecule has 148 valence electrons. The van der Waals surface area contributed by atoms with Crippen LogP contribution in [0.2, 0.25) is 0 Å². The molecule has 2 heterocycles. The first kappa shape index (κ1) is 19.6. The van der Waals surface area contributed by atoms with Crippen LogP contribution in [0.15, 0.2) is 73.1 Å². The summed E-state index contributed by atoms with van der Waals surface area (Å²) in [6.45, 7) is 3.79. The Morgan fingerprint density at radius 1 is 0.667 bits per heavy atom. The van der Waals surface area contributed by atoms with Crippen molar-refractivity contribution < 1.29 is 13.6 Å². The third-order valence-corrected chi connectivity index (χ3v) is 4.84. The molecule has 0 fully saturated rings. The number of aromatic nitrogens is 2. The van der Waals surface area contributed by atoms with Crippen molar-refractivity contribution in [1.82, 2.24) is 9.97 Å². The van der Waals surface area contributed by atoms with Gasteiger partial charge in [-0.25, -0.2) is 8.78 Å². The Balaban J connectivity index is 1.90. The quantitative estimate of drug-likeness (QED) is 0.398. The van der Waals surface area contributed by atoms with Gasteiger partial charge in [-0.1, -0.05) is 0 Å². The fourth-order valence-corrected chi connectivity index (χ4v) is 3.36. The summed E-state index contributed by atoms with van der Waals surface area (Å²) in [7, 11) is 0. The smallest absolute Gasteiger partial charge is 0.194 e. The zero-order chi connectivity index (χ0) is 21.3. The summed E-state index contributed by atoms with van der Waals surface area (Å²) < 4.78 is 28.1. The standard InChI is InChI=1S/C25H18F2N2O/c1-15-7-9-28-23(11-15)21-13-17(26)3-5-19(21)25(30)20-6-4-18(27)14-22(20)24-12-16(2)8-10-29-24/h3-14H,1-2H3. The molecule has 0 unspecified atom stereocenters. The molecule has 0 saturated carbocycles. The molecule has 0 aliphatic carbocycles. The van der Waals surface area contributed by atoms with Gasteiger partial charge in [-0.05, 0) is 85.6 Å². The lowest BCUT2D eigenvalue weighted by atomic mass is 9.92. The fourth-order valence-electron chi connectivity index (χ4n) is 3.36. The molecule has 0 aliphatic heterocycles. The predicted octanol–water partition coefficient (Wildman–Crippen LogP) is 5.94. The van der Waals surface area contributed by atoms with E-state index in [1.165, 1.54) is 36.4 Å². The van der Waals surface area contributed by atoms with Crippen molar-refractivity contribution in [2.45, 2.75) is 13.8 Å². The molecule has 2 aromatic heterocycles. The number of nitrogens with zero attached hydrogens (tertiary/aromatic N) is 2. The monoisotopic (exact) mass is 400 g/mol. The van der Waals surface area contributed by atoms with Crippen molar-refractivity contribution in [1.29, 1.82) is 0 Å². The van der Waals surface area contributed by atoms with Crippen LogP contribution in [-0.4, -0.2) is 15.8 Å². The molecule has 0 radical (unpaired) electrons. The Kier molecular flexibility index (Phi) is 5.19. The maximum absolute atomic E-state index is 14.0. The van der Waals surface area contributed by atoms with Crippen molar-refractivity contribution in [2.75, 3.05) is 0 Å². The molecular formula is C25H18F2N2O.